The summed E-state index contributed by atoms with van der Waals surface area (Å²) in [4.78, 5) is 50.6. The number of unbranched alkanes of at least 4 members (excludes halogenated alkanes) is 1. The summed E-state index contributed by atoms with van der Waals surface area (Å²) in [5.41, 5.74) is 0.0733. The van der Waals surface area contributed by atoms with Gasteiger partial charge in [0.05, 0.1) is 6.42 Å². The first-order chi connectivity index (χ1) is 12.4. The summed E-state index contributed by atoms with van der Waals surface area (Å²) >= 11 is 0. The van der Waals surface area contributed by atoms with Gasteiger partial charge in [-0.1, -0.05) is 19.8 Å². The molecule has 26 heavy (non-hydrogen) atoms. The molecule has 0 radical (unpaired) electrons. The first-order valence-electron chi connectivity index (χ1n) is 8.31. The number of carbonyl (C=O) groups is 2. The Morgan fingerprint density at radius 3 is 2.58 bits per heavy atom. The van der Waals surface area contributed by atoms with Gasteiger partial charge < -0.3 is 15.4 Å². The van der Waals surface area contributed by atoms with Gasteiger partial charge in [0.1, 0.15) is 6.04 Å². The van der Waals surface area contributed by atoms with Crippen molar-refractivity contribution in [1.82, 2.24) is 25.3 Å². The first-order valence-corrected chi connectivity index (χ1v) is 8.31. The molecule has 1 amide bonds. The maximum atomic E-state index is 12.3. The quantitative estimate of drug-likeness (QED) is 0.635. The Morgan fingerprint density at radius 2 is 2.00 bits per heavy atom. The van der Waals surface area contributed by atoms with Crippen molar-refractivity contribution in [3.8, 4) is 11.6 Å². The van der Waals surface area contributed by atoms with Crippen LogP contribution in [-0.2, 0) is 16.0 Å². The molecule has 138 valence electrons. The molecule has 2 aromatic heterocycles. The summed E-state index contributed by atoms with van der Waals surface area (Å²) in [5.74, 6) is -1.14. The smallest absolute Gasteiger partial charge is 0.326 e. The van der Waals surface area contributed by atoms with E-state index in [0.717, 1.165) is 6.42 Å². The number of carbonyl (C=O) groups excluding carboxylic acids is 1. The minimum atomic E-state index is -1.09. The Morgan fingerprint density at radius 1 is 1.31 bits per heavy atom. The highest BCUT2D eigenvalue weighted by molar-refractivity contribution is 5.84. The topological polar surface area (TPSA) is 138 Å². The number of aryl methyl sites for hydroxylation is 1. The van der Waals surface area contributed by atoms with Gasteiger partial charge in [0.15, 0.2) is 11.6 Å². The molecule has 2 rings (SSSR count). The lowest BCUT2D eigenvalue weighted by molar-refractivity contribution is -0.142. The molecular formula is C17H21N5O4. The Bertz CT molecular complexity index is 835. The third kappa shape index (κ3) is 4.95. The van der Waals surface area contributed by atoms with E-state index in [9.17, 15) is 19.5 Å². The van der Waals surface area contributed by atoms with Crippen LogP contribution in [0.1, 0.15) is 37.4 Å². The lowest BCUT2D eigenvalue weighted by Gasteiger charge is -2.14. The zero-order valence-corrected chi connectivity index (χ0v) is 14.7. The number of rotatable bonds is 8. The van der Waals surface area contributed by atoms with Crippen molar-refractivity contribution in [3.63, 3.8) is 0 Å². The largest absolute Gasteiger partial charge is 0.480 e. The fraction of sp³-hybridized carbons (Fsp3) is 0.412. The van der Waals surface area contributed by atoms with E-state index in [-0.39, 0.29) is 23.6 Å². The first kappa shape index (κ1) is 19.2. The van der Waals surface area contributed by atoms with Crippen LogP contribution in [0.25, 0.3) is 11.6 Å². The van der Waals surface area contributed by atoms with Crippen LogP contribution in [-0.4, -0.2) is 43.0 Å². The van der Waals surface area contributed by atoms with Gasteiger partial charge >= 0.3 is 5.97 Å². The standard InChI is InChI=1S/C17H21N5O4/c1-3-4-6-12(17(25)26)21-13(23)9-11-10(2)20-15(22-16(11)24)14-18-7-5-8-19-14/h5,7-8,12H,3-4,6,9H2,1-2H3,(H,21,23)(H,25,26)(H,20,22,24)/t12-/m0/s1. The molecule has 3 N–H and O–H groups in total. The second-order valence-electron chi connectivity index (χ2n) is 5.83. The second-order valence-corrected chi connectivity index (χ2v) is 5.83. The maximum Gasteiger partial charge on any atom is 0.326 e. The van der Waals surface area contributed by atoms with Crippen molar-refractivity contribution in [2.75, 3.05) is 0 Å². The highest BCUT2D eigenvalue weighted by atomic mass is 16.4. The summed E-state index contributed by atoms with van der Waals surface area (Å²) in [7, 11) is 0. The normalized spacial score (nSPS) is 11.8. The minimum Gasteiger partial charge on any atom is -0.480 e. The molecule has 0 saturated carbocycles. The van der Waals surface area contributed by atoms with Crippen LogP contribution in [0.4, 0.5) is 0 Å². The van der Waals surface area contributed by atoms with Crippen LogP contribution in [0.3, 0.4) is 0 Å². The van der Waals surface area contributed by atoms with Gasteiger partial charge in [0.25, 0.3) is 5.56 Å². The predicted octanol–water partition coefficient (Wildman–Crippen LogP) is 0.837. The van der Waals surface area contributed by atoms with E-state index in [1.165, 1.54) is 12.4 Å². The van der Waals surface area contributed by atoms with Gasteiger partial charge in [0, 0.05) is 23.7 Å². The van der Waals surface area contributed by atoms with Crippen molar-refractivity contribution in [1.29, 1.82) is 0 Å². The highest BCUT2D eigenvalue weighted by Gasteiger charge is 2.21. The molecule has 0 bridgehead atoms. The zero-order valence-electron chi connectivity index (χ0n) is 14.7. The van der Waals surface area contributed by atoms with Crippen LogP contribution in [0.2, 0.25) is 0 Å². The molecule has 9 nitrogen and oxygen atoms in total. The van der Waals surface area contributed by atoms with Crippen LogP contribution in [0.5, 0.6) is 0 Å². The van der Waals surface area contributed by atoms with Gasteiger partial charge in [-0.05, 0) is 19.4 Å². The average molecular weight is 359 g/mol. The van der Waals surface area contributed by atoms with Crippen molar-refractivity contribution in [2.24, 2.45) is 0 Å². The fourth-order valence-corrected chi connectivity index (χ4v) is 2.42. The van der Waals surface area contributed by atoms with Gasteiger partial charge in [-0.15, -0.1) is 0 Å². The van der Waals surface area contributed by atoms with E-state index >= 15 is 0 Å². The summed E-state index contributed by atoms with van der Waals surface area (Å²) in [6, 6.07) is 0.677. The Balaban J connectivity index is 2.15. The average Bonchev–Trinajstić information content (AvgIpc) is 2.62. The fourth-order valence-electron chi connectivity index (χ4n) is 2.42. The Labute approximate surface area is 149 Å². The molecule has 0 aliphatic carbocycles. The van der Waals surface area contributed by atoms with E-state index in [0.29, 0.717) is 18.5 Å². The Hall–Kier alpha value is -3.10. The molecule has 0 spiro atoms. The lowest BCUT2D eigenvalue weighted by Crippen LogP contribution is -2.42. The molecule has 0 aliphatic rings. The monoisotopic (exact) mass is 359 g/mol. The molecule has 0 saturated heterocycles. The highest BCUT2D eigenvalue weighted by Crippen LogP contribution is 2.09. The summed E-state index contributed by atoms with van der Waals surface area (Å²) in [6.07, 6.45) is 4.66. The number of aliphatic carboxylic acids is 1. The third-order valence-corrected chi connectivity index (χ3v) is 3.82. The summed E-state index contributed by atoms with van der Waals surface area (Å²) in [5, 5.41) is 11.6. The molecule has 2 aromatic rings. The van der Waals surface area contributed by atoms with Gasteiger partial charge in [-0.25, -0.2) is 19.7 Å². The number of nitrogens with zero attached hydrogens (tertiary/aromatic N) is 3. The molecule has 0 fully saturated rings. The van der Waals surface area contributed by atoms with Gasteiger partial charge in [-0.3, -0.25) is 9.59 Å². The van der Waals surface area contributed by atoms with E-state index in [1.807, 2.05) is 6.92 Å². The molecule has 9 heteroatoms. The molecule has 2 heterocycles. The molecule has 1 atom stereocenters. The molecule has 0 aliphatic heterocycles. The zero-order chi connectivity index (χ0) is 19.1. The van der Waals surface area contributed by atoms with Crippen molar-refractivity contribution < 1.29 is 14.7 Å². The minimum absolute atomic E-state index is 0.182. The van der Waals surface area contributed by atoms with Gasteiger partial charge in [0.2, 0.25) is 5.91 Å². The van der Waals surface area contributed by atoms with Crippen LogP contribution in [0.15, 0.2) is 23.3 Å². The number of amides is 1. The number of aromatic amines is 1. The van der Waals surface area contributed by atoms with Crippen molar-refractivity contribution in [2.45, 2.75) is 45.6 Å². The Kier molecular flexibility index (Phi) is 6.54. The number of nitrogens with one attached hydrogen (secondary N) is 2. The van der Waals surface area contributed by atoms with E-state index in [2.05, 4.69) is 25.3 Å². The van der Waals surface area contributed by atoms with Crippen molar-refractivity contribution in [3.05, 3.63) is 40.1 Å². The molecular weight excluding hydrogens is 338 g/mol. The van der Waals surface area contributed by atoms with Crippen LogP contribution in [0, 0.1) is 6.92 Å². The predicted molar refractivity (Wildman–Crippen MR) is 93.4 cm³/mol. The molecule has 0 aromatic carbocycles. The number of hydrogen-bond donors (Lipinski definition) is 3. The van der Waals surface area contributed by atoms with Crippen molar-refractivity contribution >= 4 is 11.9 Å². The van der Waals surface area contributed by atoms with E-state index in [4.69, 9.17) is 0 Å². The van der Waals surface area contributed by atoms with E-state index < -0.39 is 23.5 Å². The second kappa shape index (κ2) is 8.84. The number of aromatic nitrogens is 4. The SMILES string of the molecule is CCCC[C@H](NC(=O)Cc1c(C)nc(-c2ncccn2)[nH]c1=O)C(=O)O. The van der Waals surface area contributed by atoms with Crippen LogP contribution < -0.4 is 10.9 Å². The molecule has 0 unspecified atom stereocenters. The lowest BCUT2D eigenvalue weighted by atomic mass is 10.1. The number of carboxylic acids is 1. The number of carboxylic acid groups (broad SMARTS) is 1. The van der Waals surface area contributed by atoms with Gasteiger partial charge in [-0.2, -0.15) is 0 Å². The summed E-state index contributed by atoms with van der Waals surface area (Å²) < 4.78 is 0. The maximum absolute atomic E-state index is 12.3. The third-order valence-electron chi connectivity index (χ3n) is 3.82. The number of hydrogen-bond acceptors (Lipinski definition) is 6. The number of H-pyrrole nitrogens is 1. The van der Waals surface area contributed by atoms with E-state index in [1.54, 1.807) is 13.0 Å². The van der Waals surface area contributed by atoms with Crippen LogP contribution >= 0.6 is 0 Å². The summed E-state index contributed by atoms with van der Waals surface area (Å²) in [6.45, 7) is 3.55.